The number of benzene rings is 1. The molecule has 0 spiro atoms. The van der Waals surface area contributed by atoms with E-state index in [4.69, 9.17) is 0 Å². The largest absolute Gasteiger partial charge is 0.349 e. The molecule has 1 saturated carbocycles. The van der Waals surface area contributed by atoms with E-state index in [-0.39, 0.29) is 28.9 Å². The molecule has 138 valence electrons. The van der Waals surface area contributed by atoms with Gasteiger partial charge in [-0.15, -0.1) is 0 Å². The molecular formula is C21H25FN2O2. The molecule has 3 rings (SSSR count). The van der Waals surface area contributed by atoms with Crippen molar-refractivity contribution < 1.29 is 9.18 Å². The second-order valence-corrected chi connectivity index (χ2v) is 7.10. The molecule has 0 radical (unpaired) electrons. The van der Waals surface area contributed by atoms with E-state index >= 15 is 0 Å². The quantitative estimate of drug-likeness (QED) is 0.847. The molecule has 2 aromatic rings. The van der Waals surface area contributed by atoms with E-state index in [0.29, 0.717) is 12.1 Å². The minimum Gasteiger partial charge on any atom is -0.349 e. The van der Waals surface area contributed by atoms with Crippen LogP contribution < -0.4 is 10.9 Å². The summed E-state index contributed by atoms with van der Waals surface area (Å²) in [6.07, 6.45) is 8.29. The second kappa shape index (κ2) is 8.30. The Morgan fingerprint density at radius 3 is 2.42 bits per heavy atom. The van der Waals surface area contributed by atoms with Gasteiger partial charge in [-0.05, 0) is 49.1 Å². The number of nitrogens with one attached hydrogen (secondary N) is 1. The van der Waals surface area contributed by atoms with Crippen molar-refractivity contribution in [3.8, 4) is 0 Å². The lowest BCUT2D eigenvalue weighted by molar-refractivity contribution is 0.0930. The van der Waals surface area contributed by atoms with Gasteiger partial charge < -0.3 is 9.88 Å². The first-order valence-corrected chi connectivity index (χ1v) is 9.30. The Balaban J connectivity index is 1.81. The Morgan fingerprint density at radius 1 is 1.12 bits per heavy atom. The standard InChI is InChI=1S/C21H25FN2O2/c1-15-12-13-24(14-16-8-10-17(22)11-9-16)21(26)19(15)20(25)23-18-6-4-2-3-5-7-18/h8-13,18H,2-7,14H2,1H3,(H,23,25). The van der Waals surface area contributed by atoms with Crippen LogP contribution in [-0.2, 0) is 6.54 Å². The molecule has 0 bridgehead atoms. The van der Waals surface area contributed by atoms with Crippen LogP contribution in [-0.4, -0.2) is 16.5 Å². The monoisotopic (exact) mass is 356 g/mol. The van der Waals surface area contributed by atoms with E-state index < -0.39 is 0 Å². The maximum absolute atomic E-state index is 13.1. The van der Waals surface area contributed by atoms with Crippen LogP contribution in [0.25, 0.3) is 0 Å². The minimum absolute atomic E-state index is 0.148. The number of amides is 1. The highest BCUT2D eigenvalue weighted by molar-refractivity contribution is 5.95. The van der Waals surface area contributed by atoms with Crippen LogP contribution in [0.3, 0.4) is 0 Å². The van der Waals surface area contributed by atoms with Crippen LogP contribution in [0.4, 0.5) is 4.39 Å². The van der Waals surface area contributed by atoms with Gasteiger partial charge in [0.25, 0.3) is 11.5 Å². The highest BCUT2D eigenvalue weighted by atomic mass is 19.1. The Labute approximate surface area is 153 Å². The normalized spacial score (nSPS) is 15.5. The van der Waals surface area contributed by atoms with Crippen LogP contribution >= 0.6 is 0 Å². The smallest absolute Gasteiger partial charge is 0.263 e. The van der Waals surface area contributed by atoms with Crippen molar-refractivity contribution in [3.63, 3.8) is 0 Å². The van der Waals surface area contributed by atoms with Crippen molar-refractivity contribution in [1.82, 2.24) is 9.88 Å². The summed E-state index contributed by atoms with van der Waals surface area (Å²) in [4.78, 5) is 25.6. The zero-order chi connectivity index (χ0) is 18.5. The maximum Gasteiger partial charge on any atom is 0.263 e. The lowest BCUT2D eigenvalue weighted by atomic mass is 10.1. The number of hydrogen-bond acceptors (Lipinski definition) is 2. The number of hydrogen-bond donors (Lipinski definition) is 1. The molecule has 1 heterocycles. The molecule has 1 amide bonds. The zero-order valence-electron chi connectivity index (χ0n) is 15.1. The predicted molar refractivity (Wildman–Crippen MR) is 99.9 cm³/mol. The topological polar surface area (TPSA) is 51.1 Å². The van der Waals surface area contributed by atoms with E-state index in [2.05, 4.69) is 5.32 Å². The van der Waals surface area contributed by atoms with Crippen LogP contribution in [0.5, 0.6) is 0 Å². The number of carbonyl (C=O) groups excluding carboxylic acids is 1. The second-order valence-electron chi connectivity index (χ2n) is 7.10. The Bertz CT molecular complexity index is 819. The Kier molecular flexibility index (Phi) is 5.86. The minimum atomic E-state index is -0.312. The van der Waals surface area contributed by atoms with Gasteiger partial charge in [0.05, 0.1) is 6.54 Å². The molecular weight excluding hydrogens is 331 g/mol. The molecule has 1 N–H and O–H groups in total. The van der Waals surface area contributed by atoms with Crippen molar-refractivity contribution in [2.45, 2.75) is 58.0 Å². The molecule has 1 aliphatic carbocycles. The highest BCUT2D eigenvalue weighted by Gasteiger charge is 2.20. The number of aromatic nitrogens is 1. The van der Waals surface area contributed by atoms with Gasteiger partial charge in [0.15, 0.2) is 0 Å². The fourth-order valence-electron chi connectivity index (χ4n) is 3.53. The summed E-state index contributed by atoms with van der Waals surface area (Å²) in [5.74, 6) is -0.596. The number of carbonyl (C=O) groups is 1. The predicted octanol–water partition coefficient (Wildman–Crippen LogP) is 3.80. The number of rotatable bonds is 4. The lowest BCUT2D eigenvalue weighted by Crippen LogP contribution is -2.39. The van der Waals surface area contributed by atoms with E-state index in [0.717, 1.165) is 31.2 Å². The van der Waals surface area contributed by atoms with Crippen molar-refractivity contribution in [2.24, 2.45) is 0 Å². The average molecular weight is 356 g/mol. The van der Waals surface area contributed by atoms with Gasteiger partial charge >= 0.3 is 0 Å². The Morgan fingerprint density at radius 2 is 1.77 bits per heavy atom. The molecule has 0 atom stereocenters. The molecule has 4 nitrogen and oxygen atoms in total. The molecule has 1 aromatic heterocycles. The first kappa shape index (κ1) is 18.4. The van der Waals surface area contributed by atoms with E-state index in [1.54, 1.807) is 31.3 Å². The van der Waals surface area contributed by atoms with Gasteiger partial charge in [-0.25, -0.2) is 4.39 Å². The molecule has 1 aromatic carbocycles. The summed E-state index contributed by atoms with van der Waals surface area (Å²) in [5, 5.41) is 3.05. The summed E-state index contributed by atoms with van der Waals surface area (Å²) < 4.78 is 14.6. The molecule has 1 aliphatic rings. The van der Waals surface area contributed by atoms with Crippen LogP contribution in [0, 0.1) is 12.7 Å². The SMILES string of the molecule is Cc1ccn(Cc2ccc(F)cc2)c(=O)c1C(=O)NC1CCCCCC1. The molecule has 5 heteroatoms. The third kappa shape index (κ3) is 4.40. The third-order valence-corrected chi connectivity index (χ3v) is 5.06. The first-order valence-electron chi connectivity index (χ1n) is 9.30. The summed E-state index contributed by atoms with van der Waals surface area (Å²) in [6.45, 7) is 2.09. The van der Waals surface area contributed by atoms with Crippen molar-refractivity contribution >= 4 is 5.91 Å². The van der Waals surface area contributed by atoms with Crippen molar-refractivity contribution in [1.29, 1.82) is 0 Å². The molecule has 0 aliphatic heterocycles. The van der Waals surface area contributed by atoms with E-state index in [1.807, 2.05) is 0 Å². The fraction of sp³-hybridized carbons (Fsp3) is 0.429. The molecule has 0 unspecified atom stereocenters. The van der Waals surface area contributed by atoms with Crippen molar-refractivity contribution in [3.05, 3.63) is 69.4 Å². The van der Waals surface area contributed by atoms with E-state index in [9.17, 15) is 14.0 Å². The summed E-state index contributed by atoms with van der Waals surface area (Å²) in [7, 11) is 0. The summed E-state index contributed by atoms with van der Waals surface area (Å²) in [5.41, 5.74) is 1.39. The number of halogens is 1. The highest BCUT2D eigenvalue weighted by Crippen LogP contribution is 2.17. The van der Waals surface area contributed by atoms with Crippen molar-refractivity contribution in [2.75, 3.05) is 0 Å². The van der Waals surface area contributed by atoms with Crippen LogP contribution in [0.2, 0.25) is 0 Å². The van der Waals surface area contributed by atoms with E-state index in [1.165, 1.54) is 29.5 Å². The van der Waals surface area contributed by atoms with Gasteiger partial charge in [-0.3, -0.25) is 9.59 Å². The third-order valence-electron chi connectivity index (χ3n) is 5.06. The van der Waals surface area contributed by atoms with Gasteiger partial charge in [0.1, 0.15) is 11.4 Å². The van der Waals surface area contributed by atoms with Crippen LogP contribution in [0.1, 0.15) is 60.0 Å². The number of aryl methyl sites for hydroxylation is 1. The molecule has 1 fully saturated rings. The van der Waals surface area contributed by atoms with Crippen LogP contribution in [0.15, 0.2) is 41.3 Å². The first-order chi connectivity index (χ1) is 12.5. The van der Waals surface area contributed by atoms with Gasteiger partial charge in [-0.2, -0.15) is 0 Å². The maximum atomic E-state index is 13.1. The van der Waals surface area contributed by atoms with Gasteiger partial charge in [0.2, 0.25) is 0 Å². The number of pyridine rings is 1. The average Bonchev–Trinajstić information content (AvgIpc) is 2.88. The summed E-state index contributed by atoms with van der Waals surface area (Å²) >= 11 is 0. The van der Waals surface area contributed by atoms with Gasteiger partial charge in [-0.1, -0.05) is 37.8 Å². The zero-order valence-corrected chi connectivity index (χ0v) is 15.1. The lowest BCUT2D eigenvalue weighted by Gasteiger charge is -2.17. The molecule has 26 heavy (non-hydrogen) atoms. The molecule has 0 saturated heterocycles. The fourth-order valence-corrected chi connectivity index (χ4v) is 3.53. The number of nitrogens with zero attached hydrogens (tertiary/aromatic N) is 1. The summed E-state index contributed by atoms with van der Waals surface area (Å²) in [6, 6.07) is 7.96. The Hall–Kier alpha value is -2.43. The van der Waals surface area contributed by atoms with Gasteiger partial charge in [0, 0.05) is 12.2 Å².